The summed E-state index contributed by atoms with van der Waals surface area (Å²) < 4.78 is 5.49. The van der Waals surface area contributed by atoms with Crippen LogP contribution in [0.15, 0.2) is 15.7 Å². The molecular weight excluding hydrogens is 346 g/mol. The monoisotopic (exact) mass is 371 g/mol. The summed E-state index contributed by atoms with van der Waals surface area (Å²) >= 11 is 1.65. The fourth-order valence-electron chi connectivity index (χ4n) is 4.05. The van der Waals surface area contributed by atoms with Gasteiger partial charge in [0, 0.05) is 50.3 Å². The SMILES string of the molecule is CSc1nc2c(c(N3CCN(Cc4cc(C5CC5)on4)CC3)n1)CCC2. The number of piperazine rings is 1. The maximum absolute atomic E-state index is 5.49. The molecule has 1 saturated carbocycles. The molecule has 0 radical (unpaired) electrons. The van der Waals surface area contributed by atoms with E-state index in [-0.39, 0.29) is 0 Å². The average Bonchev–Trinajstić information content (AvgIpc) is 3.23. The van der Waals surface area contributed by atoms with Crippen LogP contribution in [0.25, 0.3) is 0 Å². The first-order chi connectivity index (χ1) is 12.8. The van der Waals surface area contributed by atoms with Gasteiger partial charge < -0.3 is 9.42 Å². The third-order valence-corrected chi connectivity index (χ3v) is 6.24. The van der Waals surface area contributed by atoms with Gasteiger partial charge in [-0.3, -0.25) is 4.90 Å². The molecule has 0 bridgehead atoms. The Hall–Kier alpha value is -1.60. The summed E-state index contributed by atoms with van der Waals surface area (Å²) in [6.07, 6.45) is 8.02. The first-order valence-electron chi connectivity index (χ1n) is 9.67. The molecular formula is C19H25N5OS. The zero-order valence-corrected chi connectivity index (χ0v) is 16.1. The maximum Gasteiger partial charge on any atom is 0.189 e. The molecule has 7 heteroatoms. The van der Waals surface area contributed by atoms with Crippen molar-refractivity contribution >= 4 is 17.6 Å². The minimum Gasteiger partial charge on any atom is -0.361 e. The number of thioether (sulfide) groups is 1. The Morgan fingerprint density at radius 2 is 2.00 bits per heavy atom. The standard InChI is InChI=1S/C19H25N5OS/c1-26-19-20-16-4-2-3-15(16)18(21-19)24-9-7-23(8-10-24)12-14-11-17(25-22-14)13-5-6-13/h11,13H,2-10,12H2,1H3. The first-order valence-corrected chi connectivity index (χ1v) is 10.9. The number of nitrogens with zero attached hydrogens (tertiary/aromatic N) is 5. The molecule has 3 aliphatic rings. The lowest BCUT2D eigenvalue weighted by atomic mass is 10.2. The highest BCUT2D eigenvalue weighted by Gasteiger charge is 2.29. The van der Waals surface area contributed by atoms with Gasteiger partial charge in [0.2, 0.25) is 0 Å². The van der Waals surface area contributed by atoms with Crippen LogP contribution in [-0.2, 0) is 19.4 Å². The van der Waals surface area contributed by atoms with Gasteiger partial charge >= 0.3 is 0 Å². The van der Waals surface area contributed by atoms with E-state index in [1.54, 1.807) is 11.8 Å². The average molecular weight is 372 g/mol. The van der Waals surface area contributed by atoms with Gasteiger partial charge in [0.1, 0.15) is 11.6 Å². The van der Waals surface area contributed by atoms with Crippen molar-refractivity contribution in [2.45, 2.75) is 49.7 Å². The highest BCUT2D eigenvalue weighted by molar-refractivity contribution is 7.98. The molecule has 6 nitrogen and oxygen atoms in total. The lowest BCUT2D eigenvalue weighted by molar-refractivity contribution is 0.241. The first kappa shape index (κ1) is 16.6. The Labute approximate surface area is 158 Å². The lowest BCUT2D eigenvalue weighted by Crippen LogP contribution is -2.46. The molecule has 138 valence electrons. The van der Waals surface area contributed by atoms with E-state index in [0.717, 1.165) is 62.2 Å². The Bertz CT molecular complexity index is 795. The third kappa shape index (κ3) is 3.22. The van der Waals surface area contributed by atoms with Crippen molar-refractivity contribution in [1.82, 2.24) is 20.0 Å². The molecule has 2 aliphatic carbocycles. The minimum absolute atomic E-state index is 0.638. The smallest absolute Gasteiger partial charge is 0.189 e. The van der Waals surface area contributed by atoms with E-state index in [1.807, 2.05) is 0 Å². The van der Waals surface area contributed by atoms with Crippen molar-refractivity contribution in [3.63, 3.8) is 0 Å². The van der Waals surface area contributed by atoms with Gasteiger partial charge in [-0.25, -0.2) is 9.97 Å². The van der Waals surface area contributed by atoms with Crippen molar-refractivity contribution in [1.29, 1.82) is 0 Å². The molecule has 3 heterocycles. The van der Waals surface area contributed by atoms with E-state index >= 15 is 0 Å². The van der Waals surface area contributed by atoms with Gasteiger partial charge in [-0.2, -0.15) is 0 Å². The Kier molecular flexibility index (Phi) is 4.36. The number of aryl methyl sites for hydroxylation is 1. The van der Waals surface area contributed by atoms with Crippen LogP contribution in [-0.4, -0.2) is 52.5 Å². The van der Waals surface area contributed by atoms with E-state index in [9.17, 15) is 0 Å². The summed E-state index contributed by atoms with van der Waals surface area (Å²) in [6, 6.07) is 2.16. The van der Waals surface area contributed by atoms with Crippen molar-refractivity contribution in [2.75, 3.05) is 37.3 Å². The molecule has 2 aromatic heterocycles. The molecule has 0 atom stereocenters. The Morgan fingerprint density at radius 3 is 2.77 bits per heavy atom. The lowest BCUT2D eigenvalue weighted by Gasteiger charge is -2.35. The largest absolute Gasteiger partial charge is 0.361 e. The molecule has 1 saturated heterocycles. The highest BCUT2D eigenvalue weighted by atomic mass is 32.2. The highest BCUT2D eigenvalue weighted by Crippen LogP contribution is 2.40. The molecule has 26 heavy (non-hydrogen) atoms. The maximum atomic E-state index is 5.49. The molecule has 5 rings (SSSR count). The van der Waals surface area contributed by atoms with Gasteiger partial charge in [0.05, 0.1) is 11.4 Å². The predicted octanol–water partition coefficient (Wildman–Crippen LogP) is 2.87. The molecule has 2 aromatic rings. The van der Waals surface area contributed by atoms with Gasteiger partial charge in [0.25, 0.3) is 0 Å². The number of hydrogen-bond donors (Lipinski definition) is 0. The van der Waals surface area contributed by atoms with Gasteiger partial charge in [0.15, 0.2) is 5.16 Å². The third-order valence-electron chi connectivity index (χ3n) is 5.69. The second-order valence-electron chi connectivity index (χ2n) is 7.57. The molecule has 2 fully saturated rings. The van der Waals surface area contributed by atoms with Crippen LogP contribution in [0.3, 0.4) is 0 Å². The van der Waals surface area contributed by atoms with Crippen LogP contribution in [0.1, 0.15) is 47.9 Å². The van der Waals surface area contributed by atoms with Crippen LogP contribution in [0.4, 0.5) is 5.82 Å². The summed E-state index contributed by atoms with van der Waals surface area (Å²) in [5, 5.41) is 5.18. The zero-order valence-electron chi connectivity index (χ0n) is 15.3. The van der Waals surface area contributed by atoms with E-state index in [4.69, 9.17) is 14.5 Å². The summed E-state index contributed by atoms with van der Waals surface area (Å²) in [5.41, 5.74) is 3.74. The van der Waals surface area contributed by atoms with Crippen LogP contribution >= 0.6 is 11.8 Å². The Morgan fingerprint density at radius 1 is 1.15 bits per heavy atom. The van der Waals surface area contributed by atoms with Crippen LogP contribution < -0.4 is 4.90 Å². The number of aromatic nitrogens is 3. The molecule has 0 unspecified atom stereocenters. The number of hydrogen-bond acceptors (Lipinski definition) is 7. The van der Waals surface area contributed by atoms with Crippen molar-refractivity contribution in [2.24, 2.45) is 0 Å². The molecule has 0 spiro atoms. The summed E-state index contributed by atoms with van der Waals surface area (Å²) in [5.74, 6) is 2.91. The van der Waals surface area contributed by atoms with E-state index in [2.05, 4.69) is 27.3 Å². The van der Waals surface area contributed by atoms with Crippen molar-refractivity contribution < 1.29 is 4.52 Å². The fourth-order valence-corrected chi connectivity index (χ4v) is 4.43. The normalized spacial score (nSPS) is 20.6. The quantitative estimate of drug-likeness (QED) is 0.592. The predicted molar refractivity (Wildman–Crippen MR) is 102 cm³/mol. The van der Waals surface area contributed by atoms with E-state index in [1.165, 1.54) is 36.3 Å². The van der Waals surface area contributed by atoms with Gasteiger partial charge in [-0.05, 0) is 38.4 Å². The molecule has 0 aromatic carbocycles. The van der Waals surface area contributed by atoms with E-state index in [0.29, 0.717) is 5.92 Å². The zero-order chi connectivity index (χ0) is 17.5. The van der Waals surface area contributed by atoms with Gasteiger partial charge in [-0.15, -0.1) is 0 Å². The molecule has 0 N–H and O–H groups in total. The van der Waals surface area contributed by atoms with E-state index < -0.39 is 0 Å². The summed E-state index contributed by atoms with van der Waals surface area (Å²) in [7, 11) is 0. The second kappa shape index (κ2) is 6.85. The van der Waals surface area contributed by atoms with Crippen LogP contribution in [0.5, 0.6) is 0 Å². The fraction of sp³-hybridized carbons (Fsp3) is 0.632. The minimum atomic E-state index is 0.638. The van der Waals surface area contributed by atoms with Crippen LogP contribution in [0, 0.1) is 0 Å². The van der Waals surface area contributed by atoms with Gasteiger partial charge in [-0.1, -0.05) is 16.9 Å². The second-order valence-corrected chi connectivity index (χ2v) is 8.34. The molecule has 0 amide bonds. The number of rotatable bonds is 5. The summed E-state index contributed by atoms with van der Waals surface area (Å²) in [6.45, 7) is 5.01. The van der Waals surface area contributed by atoms with Crippen molar-refractivity contribution in [3.8, 4) is 0 Å². The number of fused-ring (bicyclic) bond motifs is 1. The molecule has 1 aliphatic heterocycles. The number of anilines is 1. The topological polar surface area (TPSA) is 58.3 Å². The van der Waals surface area contributed by atoms with Crippen LogP contribution in [0.2, 0.25) is 0 Å². The Balaban J connectivity index is 1.25. The summed E-state index contributed by atoms with van der Waals surface area (Å²) in [4.78, 5) is 14.5. The van der Waals surface area contributed by atoms with Crippen molar-refractivity contribution in [3.05, 3.63) is 28.8 Å².